The fourth-order valence-electron chi connectivity index (χ4n) is 3.74. The van der Waals surface area contributed by atoms with Crippen LogP contribution in [-0.4, -0.2) is 46.5 Å². The van der Waals surface area contributed by atoms with Crippen LogP contribution in [0.2, 0.25) is 0 Å². The molecular weight excluding hydrogens is 464 g/mol. The molecule has 1 aliphatic heterocycles. The summed E-state index contributed by atoms with van der Waals surface area (Å²) in [5.74, 6) is -0.995. The highest BCUT2D eigenvalue weighted by Crippen LogP contribution is 2.38. The molecule has 1 aliphatic rings. The highest BCUT2D eigenvalue weighted by molar-refractivity contribution is 8.00. The van der Waals surface area contributed by atoms with Gasteiger partial charge in [-0.15, -0.1) is 11.8 Å². The molecule has 0 aromatic heterocycles. The summed E-state index contributed by atoms with van der Waals surface area (Å²) in [5, 5.41) is 10.3. The molecule has 3 aromatic carbocycles. The minimum Gasteiger partial charge on any atom is -0.461 e. The molecule has 4 rings (SSSR count). The first-order chi connectivity index (χ1) is 16.9. The van der Waals surface area contributed by atoms with Crippen molar-refractivity contribution in [2.24, 2.45) is 0 Å². The highest BCUT2D eigenvalue weighted by atomic mass is 32.2. The lowest BCUT2D eigenvalue weighted by Gasteiger charge is -2.25. The van der Waals surface area contributed by atoms with E-state index in [4.69, 9.17) is 14.2 Å². The molecule has 0 spiro atoms. The fourth-order valence-corrected chi connectivity index (χ4v) is 5.00. The summed E-state index contributed by atoms with van der Waals surface area (Å²) in [6, 6.07) is 23.7. The number of aliphatic hydroxyl groups excluding tert-OH is 1. The van der Waals surface area contributed by atoms with Crippen molar-refractivity contribution in [3.63, 3.8) is 0 Å². The Bertz CT molecular complexity index is 1130. The number of rotatable bonds is 8. The Morgan fingerprint density at radius 1 is 0.800 bits per heavy atom. The first kappa shape index (κ1) is 25.0. The normalized spacial score (nSPS) is 21.5. The molecule has 4 atom stereocenters. The molecule has 7 heteroatoms. The first-order valence-electron chi connectivity index (χ1n) is 11.4. The first-order valence-corrected chi connectivity index (χ1v) is 12.4. The Kier molecular flexibility index (Phi) is 8.23. The van der Waals surface area contributed by atoms with Gasteiger partial charge in [0.05, 0.1) is 23.0 Å². The maximum Gasteiger partial charge on any atom is 0.338 e. The van der Waals surface area contributed by atoms with E-state index in [1.54, 1.807) is 24.3 Å². The zero-order valence-electron chi connectivity index (χ0n) is 19.6. The van der Waals surface area contributed by atoms with Gasteiger partial charge in [0, 0.05) is 0 Å². The van der Waals surface area contributed by atoms with Crippen molar-refractivity contribution < 1.29 is 28.9 Å². The van der Waals surface area contributed by atoms with Gasteiger partial charge in [-0.25, -0.2) is 9.59 Å². The number of ether oxygens (including phenoxy) is 3. The predicted molar refractivity (Wildman–Crippen MR) is 134 cm³/mol. The van der Waals surface area contributed by atoms with Gasteiger partial charge in [-0.05, 0) is 43.7 Å². The van der Waals surface area contributed by atoms with Crippen LogP contribution in [0.3, 0.4) is 0 Å². The fraction of sp³-hybridized carbons (Fsp3) is 0.286. The number of thioether (sulfide) groups is 1. The average molecular weight is 493 g/mol. The lowest BCUT2D eigenvalue weighted by molar-refractivity contribution is -0.0821. The van der Waals surface area contributed by atoms with Gasteiger partial charge in [0.15, 0.2) is 0 Å². The molecule has 1 saturated heterocycles. The Hall–Kier alpha value is -3.13. The Morgan fingerprint density at radius 3 is 1.97 bits per heavy atom. The van der Waals surface area contributed by atoms with Crippen molar-refractivity contribution in [3.8, 4) is 0 Å². The van der Waals surface area contributed by atoms with Gasteiger partial charge < -0.3 is 19.3 Å². The zero-order chi connectivity index (χ0) is 24.8. The summed E-state index contributed by atoms with van der Waals surface area (Å²) in [7, 11) is 0. The van der Waals surface area contributed by atoms with Crippen molar-refractivity contribution >= 4 is 23.7 Å². The zero-order valence-corrected chi connectivity index (χ0v) is 20.4. The van der Waals surface area contributed by atoms with Gasteiger partial charge in [0.2, 0.25) is 0 Å². The van der Waals surface area contributed by atoms with Crippen molar-refractivity contribution in [1.29, 1.82) is 0 Å². The third-order valence-corrected chi connectivity index (χ3v) is 7.07. The van der Waals surface area contributed by atoms with E-state index in [0.717, 1.165) is 16.7 Å². The van der Waals surface area contributed by atoms with Gasteiger partial charge in [-0.1, -0.05) is 65.7 Å². The Balaban J connectivity index is 1.47. The highest BCUT2D eigenvalue weighted by Gasteiger charge is 2.47. The van der Waals surface area contributed by atoms with Crippen LogP contribution in [0.4, 0.5) is 0 Å². The molecular formula is C28H28O6S. The van der Waals surface area contributed by atoms with Gasteiger partial charge in [-0.3, -0.25) is 0 Å². The number of aliphatic hydroxyl groups is 1. The van der Waals surface area contributed by atoms with E-state index in [2.05, 4.69) is 0 Å². The monoisotopic (exact) mass is 492 g/mol. The van der Waals surface area contributed by atoms with Gasteiger partial charge in [0.1, 0.15) is 24.3 Å². The van der Waals surface area contributed by atoms with Crippen molar-refractivity contribution in [3.05, 3.63) is 107 Å². The van der Waals surface area contributed by atoms with Crippen LogP contribution in [0.1, 0.15) is 37.4 Å². The van der Waals surface area contributed by atoms with Crippen molar-refractivity contribution in [1.82, 2.24) is 0 Å². The number of esters is 2. The number of hydrogen-bond donors (Lipinski definition) is 1. The summed E-state index contributed by atoms with van der Waals surface area (Å²) in [5.41, 5.74) is 2.89. The summed E-state index contributed by atoms with van der Waals surface area (Å²) in [4.78, 5) is 25.4. The van der Waals surface area contributed by atoms with E-state index in [9.17, 15) is 14.7 Å². The van der Waals surface area contributed by atoms with E-state index < -0.39 is 34.8 Å². The minimum atomic E-state index is -0.947. The predicted octanol–water partition coefficient (Wildman–Crippen LogP) is 4.71. The average Bonchev–Trinajstić information content (AvgIpc) is 3.16. The standard InChI is InChI=1S/C28H28O6S/c1-18-8-12-21(13-9-18)26(29)33-17-23-24(34-27(30)22-14-10-19(2)11-15-22)25(28(31)35-23)32-16-20-6-4-3-5-7-20/h3-15,23-25,28,31H,16-17H2,1-2H3/t23-,24-,25+,28?/m0/s1. The third-order valence-electron chi connectivity index (χ3n) is 5.77. The third kappa shape index (κ3) is 6.51. The molecule has 1 heterocycles. The molecule has 1 N–H and O–H groups in total. The van der Waals surface area contributed by atoms with Crippen molar-refractivity contribution in [2.75, 3.05) is 6.61 Å². The van der Waals surface area contributed by atoms with E-state index in [-0.39, 0.29) is 13.2 Å². The Labute approximate surface area is 209 Å². The van der Waals surface area contributed by atoms with Crippen LogP contribution < -0.4 is 0 Å². The minimum absolute atomic E-state index is 0.0362. The topological polar surface area (TPSA) is 82.1 Å². The molecule has 182 valence electrons. The second-order valence-electron chi connectivity index (χ2n) is 8.53. The van der Waals surface area contributed by atoms with Crippen LogP contribution in [-0.2, 0) is 20.8 Å². The lowest BCUT2D eigenvalue weighted by atomic mass is 10.1. The molecule has 35 heavy (non-hydrogen) atoms. The Morgan fingerprint density at radius 2 is 1.37 bits per heavy atom. The molecule has 0 radical (unpaired) electrons. The summed E-state index contributed by atoms with van der Waals surface area (Å²) in [6.45, 7) is 4.09. The van der Waals surface area contributed by atoms with E-state index >= 15 is 0 Å². The van der Waals surface area contributed by atoms with Crippen LogP contribution in [0, 0.1) is 13.8 Å². The molecule has 0 saturated carbocycles. The van der Waals surface area contributed by atoms with Crippen LogP contribution >= 0.6 is 11.8 Å². The lowest BCUT2D eigenvalue weighted by Crippen LogP contribution is -2.40. The van der Waals surface area contributed by atoms with E-state index in [1.807, 2.05) is 68.4 Å². The second kappa shape index (κ2) is 11.5. The number of aryl methyl sites for hydroxylation is 2. The molecule has 1 fully saturated rings. The summed E-state index contributed by atoms with van der Waals surface area (Å²) >= 11 is 1.17. The van der Waals surface area contributed by atoms with E-state index in [0.29, 0.717) is 11.1 Å². The number of carbonyl (C=O) groups excluding carboxylic acids is 2. The summed E-state index contributed by atoms with van der Waals surface area (Å²) in [6.07, 6.45) is -1.59. The molecule has 3 aromatic rings. The molecule has 0 aliphatic carbocycles. The molecule has 0 bridgehead atoms. The van der Waals surface area contributed by atoms with Gasteiger partial charge in [0.25, 0.3) is 0 Å². The maximum absolute atomic E-state index is 12.9. The number of hydrogen-bond acceptors (Lipinski definition) is 7. The second-order valence-corrected chi connectivity index (χ2v) is 9.89. The van der Waals surface area contributed by atoms with Crippen LogP contribution in [0.5, 0.6) is 0 Å². The van der Waals surface area contributed by atoms with Gasteiger partial charge in [-0.2, -0.15) is 0 Å². The van der Waals surface area contributed by atoms with Gasteiger partial charge >= 0.3 is 11.9 Å². The van der Waals surface area contributed by atoms with Crippen LogP contribution in [0.25, 0.3) is 0 Å². The summed E-state index contributed by atoms with van der Waals surface area (Å²) < 4.78 is 17.4. The molecule has 0 amide bonds. The smallest absolute Gasteiger partial charge is 0.338 e. The molecule has 6 nitrogen and oxygen atoms in total. The quantitative estimate of drug-likeness (QED) is 0.456. The van der Waals surface area contributed by atoms with Crippen molar-refractivity contribution in [2.45, 2.75) is 43.3 Å². The van der Waals surface area contributed by atoms with E-state index in [1.165, 1.54) is 11.8 Å². The van der Waals surface area contributed by atoms with Crippen LogP contribution in [0.15, 0.2) is 78.9 Å². The molecule has 1 unspecified atom stereocenters. The SMILES string of the molecule is Cc1ccc(C(=O)OC[C@@H]2SC(O)[C@H](OCc3ccccc3)[C@H]2OC(=O)c2ccc(C)cc2)cc1. The largest absolute Gasteiger partial charge is 0.461 e. The number of carbonyl (C=O) groups is 2. The number of benzene rings is 3. The maximum atomic E-state index is 12.9.